The van der Waals surface area contributed by atoms with Crippen molar-refractivity contribution in [2.24, 2.45) is 7.05 Å². The van der Waals surface area contributed by atoms with Crippen LogP contribution in [0.5, 0.6) is 0 Å². The van der Waals surface area contributed by atoms with Crippen molar-refractivity contribution in [1.82, 2.24) is 20.1 Å². The second-order valence-electron chi connectivity index (χ2n) is 6.27. The molecule has 0 aromatic carbocycles. The van der Waals surface area contributed by atoms with Crippen LogP contribution in [0.2, 0.25) is 0 Å². The van der Waals surface area contributed by atoms with Gasteiger partial charge in [0.2, 0.25) is 0 Å². The van der Waals surface area contributed by atoms with Crippen LogP contribution in [0.25, 0.3) is 0 Å². The Balaban J connectivity index is 1.55. The third-order valence-corrected chi connectivity index (χ3v) is 5.45. The lowest BCUT2D eigenvalue weighted by Gasteiger charge is -2.28. The SMILES string of the molecule is Cn1cccc1[C@@H](CNC(=O)C(=O)NCc1cccs1)N1CCCC1. The highest BCUT2D eigenvalue weighted by Crippen LogP contribution is 2.24. The summed E-state index contributed by atoms with van der Waals surface area (Å²) in [7, 11) is 2.01. The number of carbonyl (C=O) groups excluding carboxylic acids is 2. The number of thiophene rings is 1. The number of nitrogens with one attached hydrogen (secondary N) is 2. The molecule has 0 bridgehead atoms. The molecular weight excluding hydrogens is 336 g/mol. The normalized spacial score (nSPS) is 15.9. The molecule has 3 rings (SSSR count). The van der Waals surface area contributed by atoms with Gasteiger partial charge >= 0.3 is 11.8 Å². The molecule has 0 unspecified atom stereocenters. The van der Waals surface area contributed by atoms with Gasteiger partial charge in [0.1, 0.15) is 0 Å². The minimum Gasteiger partial charge on any atom is -0.353 e. The lowest BCUT2D eigenvalue weighted by Crippen LogP contribution is -2.43. The summed E-state index contributed by atoms with van der Waals surface area (Å²) in [6.07, 6.45) is 4.36. The first-order valence-electron chi connectivity index (χ1n) is 8.59. The average Bonchev–Trinajstić information content (AvgIpc) is 3.36. The van der Waals surface area contributed by atoms with Gasteiger partial charge in [0.05, 0.1) is 12.6 Å². The fraction of sp³-hybridized carbons (Fsp3) is 0.444. The number of rotatable bonds is 6. The molecular formula is C18H24N4O2S. The minimum absolute atomic E-state index is 0.0940. The van der Waals surface area contributed by atoms with Crippen molar-refractivity contribution in [2.45, 2.75) is 25.4 Å². The first kappa shape index (κ1) is 17.7. The first-order chi connectivity index (χ1) is 12.1. The van der Waals surface area contributed by atoms with E-state index in [1.165, 1.54) is 12.8 Å². The third-order valence-electron chi connectivity index (χ3n) is 4.57. The zero-order valence-corrected chi connectivity index (χ0v) is 15.2. The highest BCUT2D eigenvalue weighted by molar-refractivity contribution is 7.09. The van der Waals surface area contributed by atoms with Crippen LogP contribution in [0.3, 0.4) is 0 Å². The van der Waals surface area contributed by atoms with Gasteiger partial charge in [0.25, 0.3) is 0 Å². The van der Waals surface area contributed by atoms with Gasteiger partial charge in [-0.05, 0) is 49.5 Å². The van der Waals surface area contributed by atoms with Crippen molar-refractivity contribution >= 4 is 23.2 Å². The van der Waals surface area contributed by atoms with Crippen molar-refractivity contribution in [3.8, 4) is 0 Å². The van der Waals surface area contributed by atoms with E-state index in [1.54, 1.807) is 11.3 Å². The molecule has 6 nitrogen and oxygen atoms in total. The summed E-state index contributed by atoms with van der Waals surface area (Å²) < 4.78 is 2.08. The van der Waals surface area contributed by atoms with E-state index in [2.05, 4.69) is 26.2 Å². The molecule has 2 aromatic rings. The molecule has 2 amide bonds. The van der Waals surface area contributed by atoms with Gasteiger partial charge < -0.3 is 15.2 Å². The van der Waals surface area contributed by atoms with Gasteiger partial charge in [-0.3, -0.25) is 14.5 Å². The molecule has 1 fully saturated rings. The fourth-order valence-electron chi connectivity index (χ4n) is 3.22. The van der Waals surface area contributed by atoms with Crippen LogP contribution in [0.15, 0.2) is 35.8 Å². The lowest BCUT2D eigenvalue weighted by atomic mass is 10.1. The largest absolute Gasteiger partial charge is 0.353 e. The predicted octanol–water partition coefficient (Wildman–Crippen LogP) is 1.66. The third kappa shape index (κ3) is 4.49. The fourth-order valence-corrected chi connectivity index (χ4v) is 3.87. The Hall–Kier alpha value is -2.12. The van der Waals surface area contributed by atoms with Crippen LogP contribution in [0, 0.1) is 0 Å². The molecule has 2 aromatic heterocycles. The number of nitrogens with zero attached hydrogens (tertiary/aromatic N) is 2. The Labute approximate surface area is 151 Å². The highest BCUT2D eigenvalue weighted by Gasteiger charge is 2.26. The summed E-state index contributed by atoms with van der Waals surface area (Å²) in [5.41, 5.74) is 1.15. The number of amides is 2. The topological polar surface area (TPSA) is 66.4 Å². The summed E-state index contributed by atoms with van der Waals surface area (Å²) in [6.45, 7) is 2.87. The van der Waals surface area contributed by atoms with Crippen molar-refractivity contribution in [3.63, 3.8) is 0 Å². The number of aromatic nitrogens is 1. The van der Waals surface area contributed by atoms with Gasteiger partial charge in [-0.2, -0.15) is 0 Å². The average molecular weight is 360 g/mol. The zero-order valence-electron chi connectivity index (χ0n) is 14.4. The smallest absolute Gasteiger partial charge is 0.309 e. The summed E-state index contributed by atoms with van der Waals surface area (Å²) in [6, 6.07) is 8.03. The molecule has 1 atom stereocenters. The Kier molecular flexibility index (Phi) is 5.88. The maximum Gasteiger partial charge on any atom is 0.309 e. The number of aryl methyl sites for hydroxylation is 1. The monoisotopic (exact) mass is 360 g/mol. The van der Waals surface area contributed by atoms with Crippen LogP contribution in [-0.2, 0) is 23.2 Å². The van der Waals surface area contributed by atoms with E-state index in [4.69, 9.17) is 0 Å². The highest BCUT2D eigenvalue weighted by atomic mass is 32.1. The molecule has 0 saturated carbocycles. The molecule has 1 saturated heterocycles. The number of carbonyl (C=O) groups is 2. The molecule has 2 N–H and O–H groups in total. The van der Waals surface area contributed by atoms with Crippen molar-refractivity contribution < 1.29 is 9.59 Å². The van der Waals surface area contributed by atoms with E-state index >= 15 is 0 Å². The van der Waals surface area contributed by atoms with Gasteiger partial charge in [-0.1, -0.05) is 6.07 Å². The van der Waals surface area contributed by atoms with Gasteiger partial charge in [-0.25, -0.2) is 0 Å². The molecule has 25 heavy (non-hydrogen) atoms. The summed E-state index contributed by atoms with van der Waals surface area (Å²) in [4.78, 5) is 27.5. The van der Waals surface area contributed by atoms with Gasteiger partial charge in [0.15, 0.2) is 0 Å². The van der Waals surface area contributed by atoms with E-state index in [1.807, 2.05) is 36.8 Å². The lowest BCUT2D eigenvalue weighted by molar-refractivity contribution is -0.139. The molecule has 0 radical (unpaired) electrons. The maximum atomic E-state index is 12.1. The van der Waals surface area contributed by atoms with Crippen LogP contribution in [0.4, 0.5) is 0 Å². The standard InChI is InChI=1S/C18H24N4O2S/c1-21-8-4-7-15(21)16(22-9-2-3-10-22)13-20-18(24)17(23)19-12-14-6-5-11-25-14/h4-8,11,16H,2-3,9-10,12-13H2,1H3,(H,19,23)(H,20,24)/t16-/m1/s1. The number of likely N-dealkylation sites (tertiary alicyclic amines) is 1. The predicted molar refractivity (Wildman–Crippen MR) is 98.1 cm³/mol. The van der Waals surface area contributed by atoms with E-state index in [-0.39, 0.29) is 6.04 Å². The van der Waals surface area contributed by atoms with Gasteiger partial charge in [0, 0.05) is 30.4 Å². The molecule has 0 aliphatic carbocycles. The quantitative estimate of drug-likeness (QED) is 0.770. The van der Waals surface area contributed by atoms with E-state index < -0.39 is 11.8 Å². The van der Waals surface area contributed by atoms with Gasteiger partial charge in [-0.15, -0.1) is 11.3 Å². The Morgan fingerprint density at radius 1 is 1.16 bits per heavy atom. The summed E-state index contributed by atoms with van der Waals surface area (Å²) >= 11 is 1.56. The minimum atomic E-state index is -0.583. The Morgan fingerprint density at radius 2 is 1.92 bits per heavy atom. The molecule has 1 aliphatic heterocycles. The van der Waals surface area contributed by atoms with E-state index in [9.17, 15) is 9.59 Å². The molecule has 7 heteroatoms. The first-order valence-corrected chi connectivity index (χ1v) is 9.47. The van der Waals surface area contributed by atoms with Crippen LogP contribution in [-0.4, -0.2) is 40.9 Å². The Morgan fingerprint density at radius 3 is 2.56 bits per heavy atom. The Bertz CT molecular complexity index is 704. The molecule has 0 spiro atoms. The summed E-state index contributed by atoms with van der Waals surface area (Å²) in [5, 5.41) is 7.41. The number of hydrogen-bond acceptors (Lipinski definition) is 4. The van der Waals surface area contributed by atoms with E-state index in [0.717, 1.165) is 23.7 Å². The second-order valence-corrected chi connectivity index (χ2v) is 7.31. The van der Waals surface area contributed by atoms with Crippen molar-refractivity contribution in [2.75, 3.05) is 19.6 Å². The van der Waals surface area contributed by atoms with Crippen LogP contribution >= 0.6 is 11.3 Å². The van der Waals surface area contributed by atoms with Crippen LogP contribution < -0.4 is 10.6 Å². The van der Waals surface area contributed by atoms with Crippen molar-refractivity contribution in [3.05, 3.63) is 46.4 Å². The van der Waals surface area contributed by atoms with Crippen LogP contribution in [0.1, 0.15) is 29.5 Å². The van der Waals surface area contributed by atoms with Crippen molar-refractivity contribution in [1.29, 1.82) is 0 Å². The maximum absolute atomic E-state index is 12.1. The number of hydrogen-bond donors (Lipinski definition) is 2. The molecule has 3 heterocycles. The summed E-state index contributed by atoms with van der Waals surface area (Å²) in [5.74, 6) is -1.16. The second kappa shape index (κ2) is 8.31. The zero-order chi connectivity index (χ0) is 17.6. The van der Waals surface area contributed by atoms with E-state index in [0.29, 0.717) is 13.1 Å². The molecule has 134 valence electrons. The molecule has 1 aliphatic rings.